The van der Waals surface area contributed by atoms with E-state index in [9.17, 15) is 4.79 Å². The molecule has 0 bridgehead atoms. The van der Waals surface area contributed by atoms with Gasteiger partial charge in [-0.05, 0) is 41.0 Å². The first-order chi connectivity index (χ1) is 11.4. The van der Waals surface area contributed by atoms with E-state index in [1.165, 1.54) is 8.93 Å². The fourth-order valence-corrected chi connectivity index (χ4v) is 2.07. The predicted octanol–water partition coefficient (Wildman–Crippen LogP) is 3.52. The number of hydrogen-bond acceptors (Lipinski definition) is 6. The van der Waals surface area contributed by atoms with E-state index in [0.717, 1.165) is 5.56 Å². The SMILES string of the molecule is COCCOc1cc(C#CSI)cnc1CNC(=O)OC(C)(C)C. The average molecular weight is 464 g/mol. The molecule has 0 spiro atoms. The molecule has 132 valence electrons. The maximum Gasteiger partial charge on any atom is 0.407 e. The molecule has 6 nitrogen and oxygen atoms in total. The third-order valence-corrected chi connectivity index (χ3v) is 3.35. The fourth-order valence-electron chi connectivity index (χ4n) is 1.58. The van der Waals surface area contributed by atoms with Crippen molar-refractivity contribution in [3.63, 3.8) is 0 Å². The Kier molecular flexibility index (Phi) is 9.25. The van der Waals surface area contributed by atoms with Crippen molar-refractivity contribution in [1.82, 2.24) is 10.3 Å². The summed E-state index contributed by atoms with van der Waals surface area (Å²) in [4.78, 5) is 16.1. The molecule has 0 radical (unpaired) electrons. The lowest BCUT2D eigenvalue weighted by Gasteiger charge is -2.20. The molecule has 1 rings (SSSR count). The van der Waals surface area contributed by atoms with Gasteiger partial charge in [0, 0.05) is 40.1 Å². The molecule has 24 heavy (non-hydrogen) atoms. The number of carbonyl (C=O) groups excluding carboxylic acids is 1. The van der Waals surface area contributed by atoms with Gasteiger partial charge in [-0.2, -0.15) is 0 Å². The molecule has 0 saturated heterocycles. The fraction of sp³-hybridized carbons (Fsp3) is 0.500. The Bertz CT molecular complexity index is 608. The number of halogens is 1. The van der Waals surface area contributed by atoms with Crippen molar-refractivity contribution in [1.29, 1.82) is 0 Å². The van der Waals surface area contributed by atoms with Gasteiger partial charge in [-0.3, -0.25) is 4.98 Å². The summed E-state index contributed by atoms with van der Waals surface area (Å²) >= 11 is 2.10. The standard InChI is InChI=1S/C16H21IN2O4S/c1-16(2,3)23-15(20)19-11-13-14(22-7-6-21-4)9-12(10-18-13)5-8-24-17/h9-10H,6-7,11H2,1-4H3,(H,19,20). The molecule has 1 N–H and O–H groups in total. The van der Waals surface area contributed by atoms with Crippen molar-refractivity contribution in [3.8, 4) is 16.9 Å². The van der Waals surface area contributed by atoms with Gasteiger partial charge in [0.2, 0.25) is 0 Å². The van der Waals surface area contributed by atoms with Crippen molar-refractivity contribution in [3.05, 3.63) is 23.5 Å². The molecule has 1 amide bonds. The van der Waals surface area contributed by atoms with E-state index in [-0.39, 0.29) is 6.54 Å². The van der Waals surface area contributed by atoms with E-state index >= 15 is 0 Å². The van der Waals surface area contributed by atoms with Crippen molar-refractivity contribution < 1.29 is 19.0 Å². The van der Waals surface area contributed by atoms with Gasteiger partial charge in [-0.25, -0.2) is 4.79 Å². The smallest absolute Gasteiger partial charge is 0.407 e. The van der Waals surface area contributed by atoms with Gasteiger partial charge in [-0.15, -0.1) is 0 Å². The van der Waals surface area contributed by atoms with Crippen LogP contribution in [-0.4, -0.2) is 37.0 Å². The number of alkyl carbamates (subject to hydrolysis) is 1. The topological polar surface area (TPSA) is 69.7 Å². The first kappa shape index (κ1) is 20.9. The van der Waals surface area contributed by atoms with Gasteiger partial charge >= 0.3 is 6.09 Å². The molecule has 0 unspecified atom stereocenters. The lowest BCUT2D eigenvalue weighted by Crippen LogP contribution is -2.32. The third kappa shape index (κ3) is 8.61. The molecule has 1 aromatic rings. The van der Waals surface area contributed by atoms with E-state index in [2.05, 4.69) is 42.7 Å². The number of hydrogen-bond donors (Lipinski definition) is 1. The van der Waals surface area contributed by atoms with E-state index in [0.29, 0.717) is 24.7 Å². The van der Waals surface area contributed by atoms with Gasteiger partial charge in [-0.1, -0.05) is 5.92 Å². The highest BCUT2D eigenvalue weighted by molar-refractivity contribution is 14.2. The van der Waals surface area contributed by atoms with E-state index in [4.69, 9.17) is 14.2 Å². The second-order valence-corrected chi connectivity index (χ2v) is 7.35. The minimum atomic E-state index is -0.550. The van der Waals surface area contributed by atoms with Crippen LogP contribution in [0.1, 0.15) is 32.0 Å². The number of nitrogens with one attached hydrogen (secondary N) is 1. The molecule has 1 aromatic heterocycles. The van der Waals surface area contributed by atoms with Crippen LogP contribution >= 0.6 is 30.1 Å². The lowest BCUT2D eigenvalue weighted by molar-refractivity contribution is 0.0522. The third-order valence-electron chi connectivity index (χ3n) is 2.51. The molecule has 0 saturated carbocycles. The van der Waals surface area contributed by atoms with Gasteiger partial charge in [0.1, 0.15) is 23.7 Å². The van der Waals surface area contributed by atoms with Gasteiger partial charge in [0.05, 0.1) is 13.2 Å². The second-order valence-electron chi connectivity index (χ2n) is 5.67. The first-order valence-electron chi connectivity index (χ1n) is 7.22. The maximum atomic E-state index is 11.8. The van der Waals surface area contributed by atoms with Crippen LogP contribution in [-0.2, 0) is 16.0 Å². The Morgan fingerprint density at radius 2 is 2.17 bits per heavy atom. The number of amides is 1. The summed E-state index contributed by atoms with van der Waals surface area (Å²) in [5, 5.41) is 5.57. The number of nitrogens with zero attached hydrogens (tertiary/aromatic N) is 1. The zero-order valence-corrected chi connectivity index (χ0v) is 17.1. The highest BCUT2D eigenvalue weighted by Crippen LogP contribution is 2.19. The first-order valence-corrected chi connectivity index (χ1v) is 10.6. The summed E-state index contributed by atoms with van der Waals surface area (Å²) in [7, 11) is 3.00. The van der Waals surface area contributed by atoms with Crippen LogP contribution in [0.3, 0.4) is 0 Å². The molecule has 0 fully saturated rings. The summed E-state index contributed by atoms with van der Waals surface area (Å²) in [5.41, 5.74) is 0.795. The average Bonchev–Trinajstić information content (AvgIpc) is 2.50. The molecule has 1 heterocycles. The van der Waals surface area contributed by atoms with Crippen LogP contribution in [0, 0.1) is 11.2 Å². The summed E-state index contributed by atoms with van der Waals surface area (Å²) < 4.78 is 15.9. The number of rotatable bonds is 6. The molecule has 0 atom stereocenters. The minimum Gasteiger partial charge on any atom is -0.489 e. The van der Waals surface area contributed by atoms with Crippen LogP contribution in [0.15, 0.2) is 12.3 Å². The lowest BCUT2D eigenvalue weighted by atomic mass is 10.2. The van der Waals surface area contributed by atoms with Crippen molar-refractivity contribution in [2.75, 3.05) is 20.3 Å². The Labute approximate surface area is 159 Å². The summed E-state index contributed by atoms with van der Waals surface area (Å²) in [6, 6.07) is 1.80. The Balaban J connectivity index is 2.81. The summed E-state index contributed by atoms with van der Waals surface area (Å²) in [6.45, 7) is 6.47. The van der Waals surface area contributed by atoms with Crippen LogP contribution in [0.2, 0.25) is 0 Å². The Morgan fingerprint density at radius 3 is 2.79 bits per heavy atom. The van der Waals surface area contributed by atoms with E-state index in [1.54, 1.807) is 19.4 Å². The predicted molar refractivity (Wildman–Crippen MR) is 103 cm³/mol. The number of aromatic nitrogens is 1. The number of ether oxygens (including phenoxy) is 3. The largest absolute Gasteiger partial charge is 0.489 e. The van der Waals surface area contributed by atoms with Crippen LogP contribution in [0.4, 0.5) is 4.79 Å². The quantitative estimate of drug-likeness (QED) is 0.395. The van der Waals surface area contributed by atoms with Gasteiger partial charge in [0.25, 0.3) is 0 Å². The molecule has 0 aromatic carbocycles. The van der Waals surface area contributed by atoms with Crippen LogP contribution in [0.5, 0.6) is 5.75 Å². The minimum absolute atomic E-state index is 0.200. The summed E-state index contributed by atoms with van der Waals surface area (Å²) in [5.74, 6) is 3.53. The molecular weight excluding hydrogens is 443 g/mol. The number of pyridine rings is 1. The highest BCUT2D eigenvalue weighted by Gasteiger charge is 2.16. The highest BCUT2D eigenvalue weighted by atomic mass is 127. The van der Waals surface area contributed by atoms with Crippen LogP contribution < -0.4 is 10.1 Å². The Morgan fingerprint density at radius 1 is 1.42 bits per heavy atom. The van der Waals surface area contributed by atoms with Crippen molar-refractivity contribution in [2.45, 2.75) is 32.9 Å². The van der Waals surface area contributed by atoms with Crippen molar-refractivity contribution >= 4 is 36.2 Å². The number of methoxy groups -OCH3 is 1. The van der Waals surface area contributed by atoms with Gasteiger partial charge in [0.15, 0.2) is 0 Å². The molecule has 0 aliphatic carbocycles. The van der Waals surface area contributed by atoms with Crippen molar-refractivity contribution in [2.24, 2.45) is 0 Å². The zero-order chi connectivity index (χ0) is 18.0. The number of carbonyl (C=O) groups is 1. The Hall–Kier alpha value is -1.18. The monoisotopic (exact) mass is 464 g/mol. The van der Waals surface area contributed by atoms with E-state index in [1.807, 2.05) is 20.8 Å². The molecule has 8 heteroatoms. The zero-order valence-electron chi connectivity index (χ0n) is 14.1. The molecule has 0 aliphatic rings. The second kappa shape index (κ2) is 10.6. The normalized spacial score (nSPS) is 10.5. The van der Waals surface area contributed by atoms with Crippen LogP contribution in [0.25, 0.3) is 0 Å². The van der Waals surface area contributed by atoms with Gasteiger partial charge < -0.3 is 19.5 Å². The molecular formula is C16H21IN2O4S. The van der Waals surface area contributed by atoms with E-state index < -0.39 is 11.7 Å². The maximum absolute atomic E-state index is 11.8. The molecule has 0 aliphatic heterocycles. The summed E-state index contributed by atoms with van der Waals surface area (Å²) in [6.07, 6.45) is 1.15.